The van der Waals surface area contributed by atoms with E-state index in [2.05, 4.69) is 22.2 Å². The zero-order valence-electron chi connectivity index (χ0n) is 10.2. The van der Waals surface area contributed by atoms with Crippen molar-refractivity contribution in [3.63, 3.8) is 0 Å². The smallest absolute Gasteiger partial charge is 0.222 e. The number of nitrogens with zero attached hydrogens (tertiary/aromatic N) is 2. The second-order valence-corrected chi connectivity index (χ2v) is 4.13. The van der Waals surface area contributed by atoms with Crippen LogP contribution in [0.4, 0.5) is 5.95 Å². The number of rotatable bonds is 7. The Labute approximate surface area is 97.7 Å². The van der Waals surface area contributed by atoms with Crippen molar-refractivity contribution in [2.24, 2.45) is 11.7 Å². The fraction of sp³-hybridized carbons (Fsp3) is 0.667. The summed E-state index contributed by atoms with van der Waals surface area (Å²) >= 11 is 0. The van der Waals surface area contributed by atoms with Crippen molar-refractivity contribution in [3.05, 3.63) is 18.0 Å². The maximum atomic E-state index is 5.59. The highest BCUT2D eigenvalue weighted by Crippen LogP contribution is 2.11. The van der Waals surface area contributed by atoms with E-state index in [4.69, 9.17) is 5.73 Å². The number of anilines is 1. The molecule has 0 aromatic carbocycles. The third kappa shape index (κ3) is 4.57. The Morgan fingerprint density at radius 2 is 2.25 bits per heavy atom. The molecule has 0 aliphatic rings. The summed E-state index contributed by atoms with van der Waals surface area (Å²) in [6.07, 6.45) is 5.24. The van der Waals surface area contributed by atoms with Gasteiger partial charge in [-0.25, -0.2) is 9.97 Å². The van der Waals surface area contributed by atoms with Gasteiger partial charge in [0.25, 0.3) is 0 Å². The quantitative estimate of drug-likeness (QED) is 0.740. The fourth-order valence-electron chi connectivity index (χ4n) is 1.76. The molecule has 3 N–H and O–H groups in total. The highest BCUT2D eigenvalue weighted by Gasteiger charge is 2.07. The fourth-order valence-corrected chi connectivity index (χ4v) is 1.76. The molecular weight excluding hydrogens is 200 g/mol. The zero-order valence-corrected chi connectivity index (χ0v) is 10.2. The molecule has 16 heavy (non-hydrogen) atoms. The first-order valence-electron chi connectivity index (χ1n) is 5.99. The average molecular weight is 222 g/mol. The first-order valence-corrected chi connectivity index (χ1v) is 5.99. The van der Waals surface area contributed by atoms with Crippen molar-refractivity contribution in [1.82, 2.24) is 9.97 Å². The molecular formula is C12H22N4. The van der Waals surface area contributed by atoms with Gasteiger partial charge in [-0.15, -0.1) is 0 Å². The summed E-state index contributed by atoms with van der Waals surface area (Å²) in [7, 11) is 0. The van der Waals surface area contributed by atoms with Crippen molar-refractivity contribution in [1.29, 1.82) is 0 Å². The molecule has 1 heterocycles. The van der Waals surface area contributed by atoms with E-state index < -0.39 is 0 Å². The Bertz CT molecular complexity index is 295. The monoisotopic (exact) mass is 222 g/mol. The SMILES string of the molecule is CCCC(CCN)CNc1nccc(C)n1. The van der Waals surface area contributed by atoms with Crippen molar-refractivity contribution >= 4 is 5.95 Å². The normalized spacial score (nSPS) is 12.4. The van der Waals surface area contributed by atoms with E-state index in [1.165, 1.54) is 12.8 Å². The minimum atomic E-state index is 0.624. The van der Waals surface area contributed by atoms with Crippen LogP contribution in [0.5, 0.6) is 0 Å². The highest BCUT2D eigenvalue weighted by molar-refractivity contribution is 5.24. The molecule has 1 aromatic rings. The van der Waals surface area contributed by atoms with E-state index in [1.807, 2.05) is 13.0 Å². The molecule has 1 aromatic heterocycles. The zero-order chi connectivity index (χ0) is 11.8. The van der Waals surface area contributed by atoms with E-state index in [0.717, 1.165) is 31.2 Å². The number of nitrogens with one attached hydrogen (secondary N) is 1. The molecule has 90 valence electrons. The lowest BCUT2D eigenvalue weighted by Gasteiger charge is -2.15. The maximum Gasteiger partial charge on any atom is 0.222 e. The third-order valence-corrected chi connectivity index (χ3v) is 2.62. The minimum absolute atomic E-state index is 0.624. The third-order valence-electron chi connectivity index (χ3n) is 2.62. The number of aryl methyl sites for hydroxylation is 1. The van der Waals surface area contributed by atoms with E-state index in [1.54, 1.807) is 6.20 Å². The molecule has 0 amide bonds. The van der Waals surface area contributed by atoms with Gasteiger partial charge in [-0.05, 0) is 38.3 Å². The lowest BCUT2D eigenvalue weighted by molar-refractivity contribution is 0.472. The van der Waals surface area contributed by atoms with Crippen LogP contribution in [0.25, 0.3) is 0 Å². The van der Waals surface area contributed by atoms with Crippen molar-refractivity contribution < 1.29 is 0 Å². The summed E-state index contributed by atoms with van der Waals surface area (Å²) in [5.74, 6) is 1.34. The maximum absolute atomic E-state index is 5.59. The summed E-state index contributed by atoms with van der Waals surface area (Å²) in [6, 6.07) is 1.90. The summed E-state index contributed by atoms with van der Waals surface area (Å²) in [5, 5.41) is 3.28. The molecule has 0 aliphatic heterocycles. The molecule has 1 atom stereocenters. The van der Waals surface area contributed by atoms with Crippen molar-refractivity contribution in [2.45, 2.75) is 33.1 Å². The Morgan fingerprint density at radius 1 is 1.44 bits per heavy atom. The number of aromatic nitrogens is 2. The Kier molecular flexibility index (Phi) is 5.78. The van der Waals surface area contributed by atoms with Crippen LogP contribution in [0.3, 0.4) is 0 Å². The van der Waals surface area contributed by atoms with E-state index in [0.29, 0.717) is 5.92 Å². The van der Waals surface area contributed by atoms with Crippen LogP contribution in [0, 0.1) is 12.8 Å². The van der Waals surface area contributed by atoms with Gasteiger partial charge in [-0.3, -0.25) is 0 Å². The molecule has 0 bridgehead atoms. The van der Waals surface area contributed by atoms with Gasteiger partial charge >= 0.3 is 0 Å². The van der Waals surface area contributed by atoms with Crippen LogP contribution in [0.1, 0.15) is 31.9 Å². The first-order chi connectivity index (χ1) is 7.76. The minimum Gasteiger partial charge on any atom is -0.354 e. The Balaban J connectivity index is 2.41. The van der Waals surface area contributed by atoms with Gasteiger partial charge in [0.05, 0.1) is 0 Å². The molecule has 1 unspecified atom stereocenters. The molecule has 0 fully saturated rings. The second-order valence-electron chi connectivity index (χ2n) is 4.13. The lowest BCUT2D eigenvalue weighted by atomic mass is 10.00. The summed E-state index contributed by atoms with van der Waals surface area (Å²) in [4.78, 5) is 8.49. The van der Waals surface area contributed by atoms with Gasteiger partial charge in [0.1, 0.15) is 0 Å². The molecule has 4 heteroatoms. The summed E-state index contributed by atoms with van der Waals surface area (Å²) in [5.41, 5.74) is 6.58. The van der Waals surface area contributed by atoms with Gasteiger partial charge in [0.2, 0.25) is 5.95 Å². The predicted octanol–water partition coefficient (Wildman–Crippen LogP) is 1.96. The Morgan fingerprint density at radius 3 is 2.88 bits per heavy atom. The second kappa shape index (κ2) is 7.17. The number of hydrogen-bond donors (Lipinski definition) is 2. The summed E-state index contributed by atoms with van der Waals surface area (Å²) < 4.78 is 0. The van der Waals surface area contributed by atoms with Crippen LogP contribution in [-0.4, -0.2) is 23.1 Å². The molecule has 1 rings (SSSR count). The van der Waals surface area contributed by atoms with Crippen molar-refractivity contribution in [2.75, 3.05) is 18.4 Å². The molecule has 0 radical (unpaired) electrons. The molecule has 0 saturated carbocycles. The first kappa shape index (κ1) is 12.9. The van der Waals surface area contributed by atoms with Gasteiger partial charge < -0.3 is 11.1 Å². The van der Waals surface area contributed by atoms with Gasteiger partial charge in [-0.2, -0.15) is 0 Å². The van der Waals surface area contributed by atoms with Crippen LogP contribution in [0.15, 0.2) is 12.3 Å². The standard InChI is InChI=1S/C12H22N4/c1-3-4-11(5-7-13)9-15-12-14-8-6-10(2)16-12/h6,8,11H,3-5,7,9,13H2,1-2H3,(H,14,15,16). The largest absolute Gasteiger partial charge is 0.354 e. The number of nitrogens with two attached hydrogens (primary N) is 1. The average Bonchev–Trinajstić information content (AvgIpc) is 2.27. The van der Waals surface area contributed by atoms with Crippen molar-refractivity contribution in [3.8, 4) is 0 Å². The van der Waals surface area contributed by atoms with Gasteiger partial charge in [-0.1, -0.05) is 13.3 Å². The van der Waals surface area contributed by atoms with Gasteiger partial charge in [0, 0.05) is 18.4 Å². The molecule has 0 saturated heterocycles. The topological polar surface area (TPSA) is 63.8 Å². The predicted molar refractivity (Wildman–Crippen MR) is 67.3 cm³/mol. The van der Waals surface area contributed by atoms with E-state index >= 15 is 0 Å². The number of hydrogen-bond acceptors (Lipinski definition) is 4. The van der Waals surface area contributed by atoms with E-state index in [9.17, 15) is 0 Å². The van der Waals surface area contributed by atoms with Crippen LogP contribution >= 0.6 is 0 Å². The van der Waals surface area contributed by atoms with Crippen LogP contribution in [-0.2, 0) is 0 Å². The van der Waals surface area contributed by atoms with Crippen LogP contribution in [0.2, 0.25) is 0 Å². The molecule has 4 nitrogen and oxygen atoms in total. The molecule has 0 spiro atoms. The van der Waals surface area contributed by atoms with Gasteiger partial charge in [0.15, 0.2) is 0 Å². The van der Waals surface area contributed by atoms with Crippen LogP contribution < -0.4 is 11.1 Å². The summed E-state index contributed by atoms with van der Waals surface area (Å²) in [6.45, 7) is 5.83. The lowest BCUT2D eigenvalue weighted by Crippen LogP contribution is -2.19. The van der Waals surface area contributed by atoms with E-state index in [-0.39, 0.29) is 0 Å². The highest BCUT2D eigenvalue weighted by atomic mass is 15.1. The molecule has 0 aliphatic carbocycles. The Hall–Kier alpha value is -1.16.